The quantitative estimate of drug-likeness (QED) is 0.142. The van der Waals surface area contributed by atoms with Gasteiger partial charge in [-0.05, 0) is 147 Å². The fourth-order valence-electron chi connectivity index (χ4n) is 14.7. The first kappa shape index (κ1) is 44.0. The summed E-state index contributed by atoms with van der Waals surface area (Å²) in [6.45, 7) is 0. The molecule has 76 heavy (non-hydrogen) atoms. The van der Waals surface area contributed by atoms with E-state index in [2.05, 4.69) is 216 Å². The standard InChI is InChI=1S/C72H58N2O2/c1-5-19-45(20-6-1)59-43-49-23-13-15-29-53(49)67-57-31-17-33-63(69(57)75-71(59)67)73(51-25-9-3-10-26-51)61-41-37-47-36-40-56-62(42-38-48-35-39-55(61)65(47)66(48)56)74(52-27-11-4-12-28-52)64-34-18-32-58-68-54-30-16-14-24-50(54)44-60(72(68)76-70(58)64)46-21-7-2-8-22-46/h3-4,9-18,23-46,67,71H,1-2,5-8,19-22H2. The highest BCUT2D eigenvalue weighted by molar-refractivity contribution is 6.29. The van der Waals surface area contributed by atoms with Gasteiger partial charge >= 0.3 is 0 Å². The number of para-hydroxylation sites is 4. The molecule has 4 heteroatoms. The van der Waals surface area contributed by atoms with E-state index in [1.54, 1.807) is 0 Å². The van der Waals surface area contributed by atoms with Gasteiger partial charge in [-0.1, -0.05) is 190 Å². The molecule has 2 unspecified atom stereocenters. The van der Waals surface area contributed by atoms with E-state index in [9.17, 15) is 0 Å². The molecule has 0 N–H and O–H groups in total. The van der Waals surface area contributed by atoms with E-state index >= 15 is 0 Å². The molecule has 2 saturated carbocycles. The molecule has 0 amide bonds. The van der Waals surface area contributed by atoms with Gasteiger partial charge in [-0.25, -0.2) is 0 Å². The minimum absolute atomic E-state index is 0.0252. The van der Waals surface area contributed by atoms with Gasteiger partial charge in [0.1, 0.15) is 17.4 Å². The normalized spacial score (nSPS) is 17.8. The van der Waals surface area contributed by atoms with Crippen molar-refractivity contribution < 1.29 is 9.15 Å². The van der Waals surface area contributed by atoms with Crippen LogP contribution in [0.5, 0.6) is 5.75 Å². The van der Waals surface area contributed by atoms with Gasteiger partial charge in [0.15, 0.2) is 5.58 Å². The maximum atomic E-state index is 7.52. The maximum Gasteiger partial charge on any atom is 0.159 e. The van der Waals surface area contributed by atoms with Crippen LogP contribution in [-0.4, -0.2) is 6.10 Å². The van der Waals surface area contributed by atoms with Crippen LogP contribution in [0.2, 0.25) is 0 Å². The highest BCUT2D eigenvalue weighted by Gasteiger charge is 2.45. The number of nitrogens with zero attached hydrogens (tertiary/aromatic N) is 2. The van der Waals surface area contributed by atoms with E-state index in [0.717, 1.165) is 56.4 Å². The van der Waals surface area contributed by atoms with Crippen LogP contribution in [0.1, 0.15) is 98.3 Å². The van der Waals surface area contributed by atoms with E-state index in [4.69, 9.17) is 9.15 Å². The van der Waals surface area contributed by atoms with E-state index in [1.807, 2.05) is 0 Å². The van der Waals surface area contributed by atoms with Gasteiger partial charge in [0.05, 0.1) is 28.7 Å². The van der Waals surface area contributed by atoms with Crippen molar-refractivity contribution >= 4 is 105 Å². The topological polar surface area (TPSA) is 28.9 Å². The lowest BCUT2D eigenvalue weighted by Crippen LogP contribution is -2.30. The fraction of sp³-hybridized carbons (Fsp3) is 0.194. The number of benzene rings is 11. The minimum atomic E-state index is -0.0252. The highest BCUT2D eigenvalue weighted by atomic mass is 16.5. The smallest absolute Gasteiger partial charge is 0.159 e. The lowest BCUT2D eigenvalue weighted by molar-refractivity contribution is 0.226. The van der Waals surface area contributed by atoms with Gasteiger partial charge in [0.2, 0.25) is 0 Å². The Morgan fingerprint density at radius 3 is 1.64 bits per heavy atom. The first-order valence-electron chi connectivity index (χ1n) is 28.1. The van der Waals surface area contributed by atoms with Crippen molar-refractivity contribution in [2.45, 2.75) is 82.1 Å². The minimum Gasteiger partial charge on any atom is -0.483 e. The number of hydrogen-bond acceptors (Lipinski definition) is 4. The van der Waals surface area contributed by atoms with Gasteiger partial charge < -0.3 is 19.0 Å². The average Bonchev–Trinajstić information content (AvgIpc) is 4.27. The van der Waals surface area contributed by atoms with Gasteiger partial charge in [-0.2, -0.15) is 0 Å². The highest BCUT2D eigenvalue weighted by Crippen LogP contribution is 2.57. The predicted molar refractivity (Wildman–Crippen MR) is 317 cm³/mol. The molecule has 4 nitrogen and oxygen atoms in total. The van der Waals surface area contributed by atoms with Crippen molar-refractivity contribution in [1.82, 2.24) is 0 Å². The lowest BCUT2D eigenvalue weighted by atomic mass is 9.72. The number of rotatable bonds is 8. The number of ether oxygens (including phenoxy) is 1. The second kappa shape index (κ2) is 17.6. The van der Waals surface area contributed by atoms with Crippen LogP contribution < -0.4 is 14.5 Å². The van der Waals surface area contributed by atoms with Crippen molar-refractivity contribution in [1.29, 1.82) is 0 Å². The summed E-state index contributed by atoms with van der Waals surface area (Å²) in [5.74, 6) is 2.17. The van der Waals surface area contributed by atoms with Gasteiger partial charge in [-0.3, -0.25) is 0 Å². The predicted octanol–water partition coefficient (Wildman–Crippen LogP) is 20.5. The zero-order chi connectivity index (χ0) is 49.8. The Morgan fingerprint density at radius 1 is 0.368 bits per heavy atom. The van der Waals surface area contributed by atoms with Crippen LogP contribution in [0.4, 0.5) is 34.1 Å². The first-order valence-corrected chi connectivity index (χ1v) is 28.1. The molecular weight excluding hydrogens is 925 g/mol. The van der Waals surface area contributed by atoms with E-state index in [-0.39, 0.29) is 12.0 Å². The summed E-state index contributed by atoms with van der Waals surface area (Å²) in [6, 6.07) is 74.6. The molecule has 3 aliphatic carbocycles. The van der Waals surface area contributed by atoms with Crippen LogP contribution in [0.25, 0.3) is 71.1 Å². The van der Waals surface area contributed by atoms with Gasteiger partial charge in [0, 0.05) is 38.5 Å². The first-order chi connectivity index (χ1) is 37.7. The zero-order valence-electron chi connectivity index (χ0n) is 42.7. The molecule has 2 fully saturated rings. The van der Waals surface area contributed by atoms with Crippen LogP contribution in [0.15, 0.2) is 210 Å². The summed E-state index contributed by atoms with van der Waals surface area (Å²) in [4.78, 5) is 4.93. The molecule has 1 aromatic heterocycles. The Morgan fingerprint density at radius 2 is 0.934 bits per heavy atom. The summed E-state index contributed by atoms with van der Waals surface area (Å²) in [5, 5.41) is 12.3. The summed E-state index contributed by atoms with van der Waals surface area (Å²) < 4.78 is 14.9. The Kier molecular flexibility index (Phi) is 10.2. The summed E-state index contributed by atoms with van der Waals surface area (Å²) >= 11 is 0. The third kappa shape index (κ3) is 6.75. The molecule has 16 rings (SSSR count). The molecule has 2 heterocycles. The van der Waals surface area contributed by atoms with Crippen LogP contribution in [0, 0.1) is 5.92 Å². The van der Waals surface area contributed by atoms with Crippen LogP contribution >= 0.6 is 0 Å². The molecule has 11 aromatic carbocycles. The van der Waals surface area contributed by atoms with Crippen molar-refractivity contribution in [2.75, 3.05) is 9.80 Å². The number of anilines is 6. The Labute approximate surface area is 443 Å². The second-order valence-electron chi connectivity index (χ2n) is 22.2. The monoisotopic (exact) mass is 982 g/mol. The van der Waals surface area contributed by atoms with E-state index in [0.29, 0.717) is 11.8 Å². The maximum absolute atomic E-state index is 7.52. The molecule has 2 atom stereocenters. The number of fused-ring (bicyclic) bond motifs is 10. The zero-order valence-corrected chi connectivity index (χ0v) is 42.7. The second-order valence-corrected chi connectivity index (χ2v) is 22.2. The van der Waals surface area contributed by atoms with Gasteiger partial charge in [-0.15, -0.1) is 0 Å². The third-order valence-electron chi connectivity index (χ3n) is 18.1. The molecule has 368 valence electrons. The molecule has 4 aliphatic rings. The van der Waals surface area contributed by atoms with Gasteiger partial charge in [0.25, 0.3) is 0 Å². The van der Waals surface area contributed by atoms with Crippen LogP contribution in [0.3, 0.4) is 0 Å². The average molecular weight is 983 g/mol. The largest absolute Gasteiger partial charge is 0.483 e. The molecule has 0 spiro atoms. The Bertz CT molecular complexity index is 4250. The molecule has 0 radical (unpaired) electrons. The molecule has 12 aromatic rings. The van der Waals surface area contributed by atoms with E-state index < -0.39 is 0 Å². The Hall–Kier alpha value is -8.34. The molecule has 0 bridgehead atoms. The van der Waals surface area contributed by atoms with Crippen molar-refractivity contribution in [3.05, 3.63) is 228 Å². The SMILES string of the molecule is C1=C(C2CCCCC2)C2Oc3c(cccc3N(c3ccccc3)c3ccc4ccc5c(N(c6ccccc6)c6cccc7c6oc6c(C8CCCCC8)cc8ccccc8c67)ccc6ccc3c4c65)C2c2ccccc21. The molecule has 1 aliphatic heterocycles. The fourth-order valence-corrected chi connectivity index (χ4v) is 14.7. The third-order valence-corrected chi connectivity index (χ3v) is 18.1. The van der Waals surface area contributed by atoms with Crippen molar-refractivity contribution in [3.63, 3.8) is 0 Å². The summed E-state index contributed by atoms with van der Waals surface area (Å²) in [6.07, 6.45) is 15.1. The lowest BCUT2D eigenvalue weighted by Gasteiger charge is -2.34. The molecule has 0 saturated heterocycles. The van der Waals surface area contributed by atoms with Crippen molar-refractivity contribution in [3.8, 4) is 5.75 Å². The Balaban J connectivity index is 0.892. The number of hydrogen-bond donors (Lipinski definition) is 0. The van der Waals surface area contributed by atoms with E-state index in [1.165, 1.54) is 141 Å². The van der Waals surface area contributed by atoms with Crippen molar-refractivity contribution in [2.24, 2.45) is 5.92 Å². The molecular formula is C72H58N2O2. The number of furan rings is 1. The summed E-state index contributed by atoms with van der Waals surface area (Å²) in [7, 11) is 0. The summed E-state index contributed by atoms with van der Waals surface area (Å²) in [5.41, 5.74) is 15.3. The van der Waals surface area contributed by atoms with Crippen LogP contribution in [-0.2, 0) is 0 Å².